The van der Waals surface area contributed by atoms with E-state index < -0.39 is 5.54 Å². The fraction of sp³-hybridized carbons (Fsp3) is 0.250. The topological polar surface area (TPSA) is 35.2 Å². The van der Waals surface area contributed by atoms with Gasteiger partial charge in [-0.3, -0.25) is 0 Å². The Morgan fingerprint density at radius 1 is 1.15 bits per heavy atom. The van der Waals surface area contributed by atoms with Crippen LogP contribution in [0, 0.1) is 6.92 Å². The van der Waals surface area contributed by atoms with Crippen LogP contribution in [0.25, 0.3) is 0 Å². The Hall–Kier alpha value is -1.03. The van der Waals surface area contributed by atoms with Gasteiger partial charge in [-0.2, -0.15) is 0 Å². The molecule has 20 heavy (non-hydrogen) atoms. The summed E-state index contributed by atoms with van der Waals surface area (Å²) in [6.07, 6.45) is 0. The summed E-state index contributed by atoms with van der Waals surface area (Å²) in [7, 11) is 1.65. The largest absolute Gasteiger partial charge is 0.496 e. The molecule has 0 heterocycles. The van der Waals surface area contributed by atoms with E-state index in [0.717, 1.165) is 26.9 Å². The van der Waals surface area contributed by atoms with Gasteiger partial charge >= 0.3 is 0 Å². The molecule has 0 aliphatic carbocycles. The van der Waals surface area contributed by atoms with Crippen LogP contribution in [0.2, 0.25) is 5.02 Å². The van der Waals surface area contributed by atoms with Crippen LogP contribution in [0.4, 0.5) is 0 Å². The zero-order chi connectivity index (χ0) is 14.9. The van der Waals surface area contributed by atoms with Gasteiger partial charge in [0.05, 0.1) is 12.6 Å². The SMILES string of the molecule is COc1ccc(C)cc1C(C)(N)c1ccc(Br)cc1Cl. The first-order chi connectivity index (χ1) is 9.36. The third kappa shape index (κ3) is 2.85. The predicted molar refractivity (Wildman–Crippen MR) is 87.5 cm³/mol. The third-order valence-electron chi connectivity index (χ3n) is 3.41. The Balaban J connectivity index is 2.62. The average molecular weight is 355 g/mol. The molecule has 0 amide bonds. The van der Waals surface area contributed by atoms with Gasteiger partial charge in [-0.15, -0.1) is 0 Å². The summed E-state index contributed by atoms with van der Waals surface area (Å²) in [6, 6.07) is 11.7. The minimum absolute atomic E-state index is 0.632. The highest BCUT2D eigenvalue weighted by atomic mass is 79.9. The van der Waals surface area contributed by atoms with E-state index in [1.54, 1.807) is 7.11 Å². The molecule has 0 radical (unpaired) electrons. The number of methoxy groups -OCH3 is 1. The zero-order valence-electron chi connectivity index (χ0n) is 11.7. The molecule has 2 N–H and O–H groups in total. The van der Waals surface area contributed by atoms with E-state index in [0.29, 0.717) is 5.02 Å². The van der Waals surface area contributed by atoms with E-state index in [1.165, 1.54) is 0 Å². The first-order valence-electron chi connectivity index (χ1n) is 6.26. The molecule has 0 saturated heterocycles. The molecule has 2 nitrogen and oxygen atoms in total. The van der Waals surface area contributed by atoms with Crippen molar-refractivity contribution in [1.82, 2.24) is 0 Å². The Bertz CT molecular complexity index is 640. The molecular weight excluding hydrogens is 338 g/mol. The number of nitrogens with two attached hydrogens (primary N) is 1. The lowest BCUT2D eigenvalue weighted by Crippen LogP contribution is -2.35. The van der Waals surface area contributed by atoms with Crippen molar-refractivity contribution in [2.24, 2.45) is 5.73 Å². The second-order valence-electron chi connectivity index (χ2n) is 5.03. The first-order valence-corrected chi connectivity index (χ1v) is 7.43. The van der Waals surface area contributed by atoms with Gasteiger partial charge in [0, 0.05) is 15.1 Å². The second kappa shape index (κ2) is 5.76. The molecule has 106 valence electrons. The highest BCUT2D eigenvalue weighted by Crippen LogP contribution is 2.38. The number of ether oxygens (including phenoxy) is 1. The van der Waals surface area contributed by atoms with Crippen molar-refractivity contribution in [2.45, 2.75) is 19.4 Å². The number of benzene rings is 2. The van der Waals surface area contributed by atoms with Gasteiger partial charge in [-0.25, -0.2) is 0 Å². The van der Waals surface area contributed by atoms with E-state index in [2.05, 4.69) is 15.9 Å². The van der Waals surface area contributed by atoms with Crippen LogP contribution in [0.5, 0.6) is 5.75 Å². The van der Waals surface area contributed by atoms with Crippen molar-refractivity contribution >= 4 is 27.5 Å². The van der Waals surface area contributed by atoms with Crippen molar-refractivity contribution in [1.29, 1.82) is 0 Å². The number of hydrogen-bond acceptors (Lipinski definition) is 2. The molecule has 0 aliphatic rings. The standard InChI is InChI=1S/C16H17BrClNO/c1-10-4-7-15(20-3)13(8-10)16(2,19)12-6-5-11(17)9-14(12)18/h4-9H,19H2,1-3H3. The van der Waals surface area contributed by atoms with E-state index in [9.17, 15) is 0 Å². The van der Waals surface area contributed by atoms with E-state index >= 15 is 0 Å². The molecular formula is C16H17BrClNO. The summed E-state index contributed by atoms with van der Waals surface area (Å²) >= 11 is 9.76. The summed E-state index contributed by atoms with van der Waals surface area (Å²) in [5.41, 5.74) is 8.77. The van der Waals surface area contributed by atoms with Crippen LogP contribution in [0.1, 0.15) is 23.6 Å². The third-order valence-corrected chi connectivity index (χ3v) is 4.21. The number of hydrogen-bond donors (Lipinski definition) is 1. The van der Waals surface area contributed by atoms with Crippen molar-refractivity contribution in [3.8, 4) is 5.75 Å². The molecule has 0 spiro atoms. The Labute approximate surface area is 133 Å². The summed E-state index contributed by atoms with van der Waals surface area (Å²) in [6.45, 7) is 3.97. The summed E-state index contributed by atoms with van der Waals surface area (Å²) in [5, 5.41) is 0.632. The zero-order valence-corrected chi connectivity index (χ0v) is 14.0. The van der Waals surface area contributed by atoms with E-state index in [-0.39, 0.29) is 0 Å². The minimum Gasteiger partial charge on any atom is -0.496 e. The van der Waals surface area contributed by atoms with Crippen molar-refractivity contribution in [3.63, 3.8) is 0 Å². The van der Waals surface area contributed by atoms with E-state index in [4.69, 9.17) is 22.1 Å². The first kappa shape index (κ1) is 15.4. The maximum Gasteiger partial charge on any atom is 0.124 e. The van der Waals surface area contributed by atoms with Gasteiger partial charge < -0.3 is 10.5 Å². The van der Waals surface area contributed by atoms with Gasteiger partial charge in [0.25, 0.3) is 0 Å². The molecule has 2 aromatic carbocycles. The molecule has 0 aliphatic heterocycles. The Morgan fingerprint density at radius 2 is 1.85 bits per heavy atom. The second-order valence-corrected chi connectivity index (χ2v) is 6.35. The molecule has 1 unspecified atom stereocenters. The molecule has 0 bridgehead atoms. The lowest BCUT2D eigenvalue weighted by atomic mass is 9.84. The summed E-state index contributed by atoms with van der Waals surface area (Å²) in [4.78, 5) is 0. The normalized spacial score (nSPS) is 13.9. The lowest BCUT2D eigenvalue weighted by Gasteiger charge is -2.29. The molecule has 2 rings (SSSR count). The van der Waals surface area contributed by atoms with Crippen LogP contribution in [-0.4, -0.2) is 7.11 Å². The highest BCUT2D eigenvalue weighted by Gasteiger charge is 2.29. The smallest absolute Gasteiger partial charge is 0.124 e. The maximum absolute atomic E-state index is 6.58. The van der Waals surface area contributed by atoms with Gasteiger partial charge in [0.2, 0.25) is 0 Å². The highest BCUT2D eigenvalue weighted by molar-refractivity contribution is 9.10. The van der Waals surface area contributed by atoms with Crippen molar-refractivity contribution < 1.29 is 4.74 Å². The maximum atomic E-state index is 6.58. The number of rotatable bonds is 3. The molecule has 4 heteroatoms. The number of halogens is 2. The molecule has 1 atom stereocenters. The average Bonchev–Trinajstić information content (AvgIpc) is 2.38. The van der Waals surface area contributed by atoms with Crippen molar-refractivity contribution in [2.75, 3.05) is 7.11 Å². The Kier molecular flexibility index (Phi) is 4.43. The van der Waals surface area contributed by atoms with Crippen LogP contribution >= 0.6 is 27.5 Å². The van der Waals surface area contributed by atoms with Gasteiger partial charge in [0.1, 0.15) is 5.75 Å². The summed E-state index contributed by atoms with van der Waals surface area (Å²) < 4.78 is 6.37. The molecule has 0 saturated carbocycles. The van der Waals surface area contributed by atoms with Crippen molar-refractivity contribution in [3.05, 3.63) is 62.6 Å². The summed E-state index contributed by atoms with van der Waals surface area (Å²) in [5.74, 6) is 0.764. The molecule has 0 fully saturated rings. The van der Waals surface area contributed by atoms with Gasteiger partial charge in [-0.05, 0) is 37.6 Å². The molecule has 0 aromatic heterocycles. The van der Waals surface area contributed by atoms with Crippen LogP contribution < -0.4 is 10.5 Å². The predicted octanol–water partition coefficient (Wildman–Crippen LogP) is 4.64. The van der Waals surface area contributed by atoms with E-state index in [1.807, 2.05) is 50.2 Å². The van der Waals surface area contributed by atoms with Gasteiger partial charge in [0.15, 0.2) is 0 Å². The quantitative estimate of drug-likeness (QED) is 0.871. The monoisotopic (exact) mass is 353 g/mol. The Morgan fingerprint density at radius 3 is 2.45 bits per heavy atom. The van der Waals surface area contributed by atoms with Gasteiger partial charge in [-0.1, -0.05) is 51.3 Å². The fourth-order valence-electron chi connectivity index (χ4n) is 2.28. The lowest BCUT2D eigenvalue weighted by molar-refractivity contribution is 0.398. The van der Waals surface area contributed by atoms with Crippen LogP contribution in [0.15, 0.2) is 40.9 Å². The molecule has 2 aromatic rings. The van der Waals surface area contributed by atoms with Crippen LogP contribution in [0.3, 0.4) is 0 Å². The van der Waals surface area contributed by atoms with Crippen LogP contribution in [-0.2, 0) is 5.54 Å². The number of aryl methyl sites for hydroxylation is 1. The minimum atomic E-state index is -0.727. The fourth-order valence-corrected chi connectivity index (χ4v) is 3.15.